The lowest BCUT2D eigenvalue weighted by molar-refractivity contribution is 0.0949. The predicted octanol–water partition coefficient (Wildman–Crippen LogP) is 3.28. The van der Waals surface area contributed by atoms with E-state index in [1.165, 1.54) is 0 Å². The van der Waals surface area contributed by atoms with Gasteiger partial charge < -0.3 is 15.1 Å². The van der Waals surface area contributed by atoms with Crippen molar-refractivity contribution >= 4 is 23.3 Å². The summed E-state index contributed by atoms with van der Waals surface area (Å²) in [7, 11) is 2.13. The molecule has 168 valence electrons. The molecule has 0 bridgehead atoms. The van der Waals surface area contributed by atoms with Crippen LogP contribution in [0.25, 0.3) is 0 Å². The summed E-state index contributed by atoms with van der Waals surface area (Å²) < 4.78 is 1.84. The summed E-state index contributed by atoms with van der Waals surface area (Å²) in [4.78, 5) is 22.3. The average molecular weight is 453 g/mol. The van der Waals surface area contributed by atoms with E-state index in [0.717, 1.165) is 48.8 Å². The first-order chi connectivity index (χ1) is 15.4. The molecule has 1 N–H and O–H groups in total. The predicted molar refractivity (Wildman–Crippen MR) is 127 cm³/mol. The lowest BCUT2D eigenvalue weighted by atomic mass is 10.1. The third-order valence-electron chi connectivity index (χ3n) is 6.00. The van der Waals surface area contributed by atoms with Crippen molar-refractivity contribution in [1.29, 1.82) is 0 Å². The molecule has 4 rings (SSSR count). The van der Waals surface area contributed by atoms with Crippen molar-refractivity contribution in [3.05, 3.63) is 75.7 Å². The van der Waals surface area contributed by atoms with Crippen molar-refractivity contribution in [3.8, 4) is 0 Å². The van der Waals surface area contributed by atoms with Crippen molar-refractivity contribution in [2.24, 2.45) is 0 Å². The Balaban J connectivity index is 1.48. The third-order valence-corrected chi connectivity index (χ3v) is 6.36. The molecule has 1 amide bonds. The van der Waals surface area contributed by atoms with Crippen LogP contribution in [0, 0.1) is 13.8 Å². The van der Waals surface area contributed by atoms with Gasteiger partial charge in [0.1, 0.15) is 5.82 Å². The molecule has 3 aromatic rings. The number of hydrogen-bond donors (Lipinski definition) is 1. The van der Waals surface area contributed by atoms with E-state index in [1.54, 1.807) is 0 Å². The van der Waals surface area contributed by atoms with Crippen molar-refractivity contribution < 1.29 is 4.79 Å². The Morgan fingerprint density at radius 2 is 1.78 bits per heavy atom. The Labute approximate surface area is 194 Å². The van der Waals surface area contributed by atoms with Crippen LogP contribution in [0.2, 0.25) is 5.02 Å². The second-order valence-corrected chi connectivity index (χ2v) is 8.66. The highest BCUT2D eigenvalue weighted by Gasteiger charge is 2.21. The number of pyridine rings is 1. The molecule has 1 aliphatic heterocycles. The molecule has 0 unspecified atom stereocenters. The molecule has 1 aliphatic rings. The van der Waals surface area contributed by atoms with Gasteiger partial charge in [-0.05, 0) is 38.6 Å². The van der Waals surface area contributed by atoms with Gasteiger partial charge in [0.05, 0.1) is 17.8 Å². The molecule has 3 heterocycles. The Morgan fingerprint density at radius 3 is 2.53 bits per heavy atom. The summed E-state index contributed by atoms with van der Waals surface area (Å²) in [5, 5.41) is 8.36. The number of carbonyl (C=O) groups is 1. The van der Waals surface area contributed by atoms with Gasteiger partial charge in [-0.15, -0.1) is 0 Å². The molecule has 32 heavy (non-hydrogen) atoms. The van der Waals surface area contributed by atoms with Gasteiger partial charge >= 0.3 is 0 Å². The number of rotatable bonds is 6. The zero-order chi connectivity index (χ0) is 22.7. The van der Waals surface area contributed by atoms with Crippen molar-refractivity contribution in [2.75, 3.05) is 38.1 Å². The van der Waals surface area contributed by atoms with Gasteiger partial charge in [-0.1, -0.05) is 35.9 Å². The summed E-state index contributed by atoms with van der Waals surface area (Å²) in [6.07, 6.45) is 1.81. The van der Waals surface area contributed by atoms with E-state index < -0.39 is 0 Å². The number of anilines is 1. The summed E-state index contributed by atoms with van der Waals surface area (Å²) >= 11 is 6.31. The SMILES string of the molecule is Cc1nn(Cc2ccccc2Cl)c(C)c1C(=O)NCc1cccnc1N1CCN(C)CC1. The molecule has 0 spiro atoms. The Bertz CT molecular complexity index is 1100. The number of piperazine rings is 1. The number of benzene rings is 1. The standard InChI is InChI=1S/C24H29ClN6O/c1-17-22(18(2)31(28-17)16-20-7-4-5-9-21(20)25)24(32)27-15-19-8-6-10-26-23(19)30-13-11-29(3)12-14-30/h4-10H,11-16H2,1-3H3,(H,27,32). The zero-order valence-corrected chi connectivity index (χ0v) is 19.6. The number of nitrogens with zero attached hydrogens (tertiary/aromatic N) is 5. The number of carbonyl (C=O) groups excluding carboxylic acids is 1. The fourth-order valence-electron chi connectivity index (χ4n) is 4.10. The number of amides is 1. The molecule has 0 atom stereocenters. The van der Waals surface area contributed by atoms with Crippen molar-refractivity contribution in [2.45, 2.75) is 26.9 Å². The first-order valence-corrected chi connectivity index (χ1v) is 11.2. The number of aryl methyl sites for hydroxylation is 1. The van der Waals surface area contributed by atoms with Crippen LogP contribution in [0.3, 0.4) is 0 Å². The minimum atomic E-state index is -0.126. The molecule has 2 aromatic heterocycles. The summed E-state index contributed by atoms with van der Waals surface area (Å²) in [5.74, 6) is 0.822. The number of likely N-dealkylation sites (N-methyl/N-ethyl adjacent to an activating group) is 1. The van der Waals surface area contributed by atoms with Crippen LogP contribution >= 0.6 is 11.6 Å². The monoisotopic (exact) mass is 452 g/mol. The number of hydrogen-bond acceptors (Lipinski definition) is 5. The second-order valence-electron chi connectivity index (χ2n) is 8.25. The van der Waals surface area contributed by atoms with Crippen molar-refractivity contribution in [3.63, 3.8) is 0 Å². The average Bonchev–Trinajstić information content (AvgIpc) is 3.07. The van der Waals surface area contributed by atoms with Crippen molar-refractivity contribution in [1.82, 2.24) is 25.0 Å². The van der Waals surface area contributed by atoms with Gasteiger partial charge in [-0.3, -0.25) is 9.48 Å². The zero-order valence-electron chi connectivity index (χ0n) is 18.8. The molecular weight excluding hydrogens is 424 g/mol. The normalized spacial score (nSPS) is 14.6. The lowest BCUT2D eigenvalue weighted by Crippen LogP contribution is -2.45. The minimum Gasteiger partial charge on any atom is -0.354 e. The van der Waals surface area contributed by atoms with Gasteiger partial charge in [-0.25, -0.2) is 4.98 Å². The fraction of sp³-hybridized carbons (Fsp3) is 0.375. The van der Waals surface area contributed by atoms with Crippen LogP contribution < -0.4 is 10.2 Å². The van der Waals surface area contributed by atoms with Gasteiger partial charge in [0.15, 0.2) is 0 Å². The first-order valence-electron chi connectivity index (χ1n) is 10.9. The van der Waals surface area contributed by atoms with Crippen LogP contribution in [0.1, 0.15) is 32.9 Å². The van der Waals surface area contributed by atoms with E-state index in [-0.39, 0.29) is 5.91 Å². The van der Waals surface area contributed by atoms with Crippen LogP contribution in [0.5, 0.6) is 0 Å². The summed E-state index contributed by atoms with van der Waals surface area (Å²) in [6, 6.07) is 11.6. The maximum absolute atomic E-state index is 13.1. The molecule has 8 heteroatoms. The second kappa shape index (κ2) is 9.71. The van der Waals surface area contributed by atoms with Gasteiger partial charge in [0.25, 0.3) is 5.91 Å². The van der Waals surface area contributed by atoms with Gasteiger partial charge in [0.2, 0.25) is 0 Å². The summed E-state index contributed by atoms with van der Waals surface area (Å²) in [5.41, 5.74) is 4.13. The lowest BCUT2D eigenvalue weighted by Gasteiger charge is -2.34. The highest BCUT2D eigenvalue weighted by molar-refractivity contribution is 6.31. The van der Waals surface area contributed by atoms with E-state index in [2.05, 4.69) is 32.2 Å². The first kappa shape index (κ1) is 22.3. The molecule has 0 saturated carbocycles. The van der Waals surface area contributed by atoms with Crippen LogP contribution in [-0.4, -0.2) is 58.8 Å². The Hall–Kier alpha value is -2.90. The molecule has 7 nitrogen and oxygen atoms in total. The smallest absolute Gasteiger partial charge is 0.255 e. The maximum Gasteiger partial charge on any atom is 0.255 e. The highest BCUT2D eigenvalue weighted by atomic mass is 35.5. The van der Waals surface area contributed by atoms with E-state index in [0.29, 0.717) is 29.4 Å². The van der Waals surface area contributed by atoms with Gasteiger partial charge in [0, 0.05) is 55.2 Å². The van der Waals surface area contributed by atoms with E-state index in [9.17, 15) is 4.79 Å². The minimum absolute atomic E-state index is 0.126. The Morgan fingerprint density at radius 1 is 1.06 bits per heavy atom. The van der Waals surface area contributed by atoms with Crippen LogP contribution in [0.15, 0.2) is 42.6 Å². The van der Waals surface area contributed by atoms with Crippen LogP contribution in [-0.2, 0) is 13.1 Å². The third kappa shape index (κ3) is 4.79. The largest absolute Gasteiger partial charge is 0.354 e. The summed E-state index contributed by atoms with van der Waals surface area (Å²) in [6.45, 7) is 8.61. The van der Waals surface area contributed by atoms with Gasteiger partial charge in [-0.2, -0.15) is 5.10 Å². The van der Waals surface area contributed by atoms with E-state index >= 15 is 0 Å². The molecule has 1 saturated heterocycles. The molecule has 1 fully saturated rings. The van der Waals surface area contributed by atoms with E-state index in [4.69, 9.17) is 11.6 Å². The molecular formula is C24H29ClN6O. The molecule has 0 radical (unpaired) electrons. The fourth-order valence-corrected chi connectivity index (χ4v) is 4.30. The number of halogens is 1. The topological polar surface area (TPSA) is 66.3 Å². The number of aromatic nitrogens is 3. The Kier molecular flexibility index (Phi) is 6.77. The number of nitrogens with one attached hydrogen (secondary N) is 1. The quantitative estimate of drug-likeness (QED) is 0.621. The van der Waals surface area contributed by atoms with Crippen LogP contribution in [0.4, 0.5) is 5.82 Å². The highest BCUT2D eigenvalue weighted by Crippen LogP contribution is 2.21. The molecule has 1 aromatic carbocycles. The van der Waals surface area contributed by atoms with E-state index in [1.807, 2.05) is 61.1 Å². The maximum atomic E-state index is 13.1. The molecule has 0 aliphatic carbocycles.